The number of hydrogen-bond donors (Lipinski definition) is 0. The van der Waals surface area contributed by atoms with E-state index in [4.69, 9.17) is 20.9 Å². The van der Waals surface area contributed by atoms with E-state index in [1.165, 1.54) is 17.8 Å². The van der Waals surface area contributed by atoms with Gasteiger partial charge in [-0.2, -0.15) is 4.98 Å². The first-order chi connectivity index (χ1) is 16.7. The minimum Gasteiger partial charge on any atom is -0.483 e. The molecule has 7 nitrogen and oxygen atoms in total. The average Bonchev–Trinajstić information content (AvgIpc) is 3.50. The monoisotopic (exact) mass is 493 g/mol. The van der Waals surface area contributed by atoms with Crippen molar-refractivity contribution in [1.82, 2.24) is 24.9 Å². The highest BCUT2D eigenvalue weighted by molar-refractivity contribution is 7.98. The first-order valence-corrected chi connectivity index (χ1v) is 11.6. The van der Waals surface area contributed by atoms with Crippen molar-refractivity contribution in [2.45, 2.75) is 17.5 Å². The van der Waals surface area contributed by atoms with Crippen LogP contribution in [0.3, 0.4) is 0 Å². The number of benzene rings is 3. The van der Waals surface area contributed by atoms with Crippen LogP contribution >= 0.6 is 23.4 Å². The molecule has 0 fully saturated rings. The Morgan fingerprint density at radius 3 is 2.53 bits per heavy atom. The SMILES string of the molecule is Fc1ccccc1OCc1nnc(SCc2noc(-c3ccccc3Cl)n2)n1-c1ccccc1. The molecule has 2 heterocycles. The quantitative estimate of drug-likeness (QED) is 0.246. The Labute approximate surface area is 203 Å². The summed E-state index contributed by atoms with van der Waals surface area (Å²) in [6.07, 6.45) is 0. The van der Waals surface area contributed by atoms with Crippen LogP contribution in [0.5, 0.6) is 5.75 Å². The standard InChI is InChI=1S/C24H17ClFN5O2S/c25-18-11-5-4-10-17(18)23-27-21(30-33-23)15-34-24-29-28-22(31(24)16-8-2-1-3-9-16)14-32-20-13-7-6-12-19(20)26/h1-13H,14-15H2. The van der Waals surface area contributed by atoms with Gasteiger partial charge in [-0.3, -0.25) is 4.57 Å². The van der Waals surface area contributed by atoms with Crippen molar-refractivity contribution in [3.63, 3.8) is 0 Å². The molecule has 2 aromatic heterocycles. The first-order valence-electron chi connectivity index (χ1n) is 10.3. The molecule has 0 N–H and O–H groups in total. The summed E-state index contributed by atoms with van der Waals surface area (Å²) in [5, 5.41) is 13.8. The topological polar surface area (TPSA) is 78.9 Å². The van der Waals surface area contributed by atoms with Crippen LogP contribution in [0.4, 0.5) is 4.39 Å². The number of nitrogens with zero attached hydrogens (tertiary/aromatic N) is 5. The number of hydrogen-bond acceptors (Lipinski definition) is 7. The summed E-state index contributed by atoms with van der Waals surface area (Å²) >= 11 is 7.62. The van der Waals surface area contributed by atoms with Gasteiger partial charge in [-0.15, -0.1) is 10.2 Å². The lowest BCUT2D eigenvalue weighted by atomic mass is 10.2. The molecule has 0 bridgehead atoms. The molecule has 0 saturated carbocycles. The van der Waals surface area contributed by atoms with E-state index in [-0.39, 0.29) is 12.4 Å². The number of halogens is 2. The molecular weight excluding hydrogens is 477 g/mol. The lowest BCUT2D eigenvalue weighted by Crippen LogP contribution is -2.07. The van der Waals surface area contributed by atoms with Gasteiger partial charge in [-0.25, -0.2) is 4.39 Å². The van der Waals surface area contributed by atoms with Crippen LogP contribution in [-0.4, -0.2) is 24.9 Å². The highest BCUT2D eigenvalue weighted by Gasteiger charge is 2.18. The molecule has 0 unspecified atom stereocenters. The summed E-state index contributed by atoms with van der Waals surface area (Å²) in [5.41, 5.74) is 1.53. The van der Waals surface area contributed by atoms with Gasteiger partial charge in [0.1, 0.15) is 6.61 Å². The lowest BCUT2D eigenvalue weighted by molar-refractivity contribution is 0.278. The summed E-state index contributed by atoms with van der Waals surface area (Å²) < 4.78 is 26.9. The molecule has 0 saturated heterocycles. The fourth-order valence-electron chi connectivity index (χ4n) is 3.21. The van der Waals surface area contributed by atoms with Crippen LogP contribution < -0.4 is 4.74 Å². The summed E-state index contributed by atoms with van der Waals surface area (Å²) in [6, 6.07) is 23.1. The van der Waals surface area contributed by atoms with Gasteiger partial charge in [0.05, 0.1) is 16.3 Å². The van der Waals surface area contributed by atoms with E-state index < -0.39 is 5.82 Å². The molecule has 0 radical (unpaired) electrons. The number of thioether (sulfide) groups is 1. The summed E-state index contributed by atoms with van der Waals surface area (Å²) in [4.78, 5) is 4.44. The van der Waals surface area contributed by atoms with Crippen molar-refractivity contribution in [1.29, 1.82) is 0 Å². The van der Waals surface area contributed by atoms with Crippen molar-refractivity contribution >= 4 is 23.4 Å². The van der Waals surface area contributed by atoms with Gasteiger partial charge in [0, 0.05) is 5.69 Å². The Morgan fingerprint density at radius 2 is 1.71 bits per heavy atom. The van der Waals surface area contributed by atoms with Crippen LogP contribution in [0, 0.1) is 5.82 Å². The fourth-order valence-corrected chi connectivity index (χ4v) is 4.24. The molecule has 5 rings (SSSR count). The number of ether oxygens (including phenoxy) is 1. The lowest BCUT2D eigenvalue weighted by Gasteiger charge is -2.11. The molecule has 0 atom stereocenters. The summed E-state index contributed by atoms with van der Waals surface area (Å²) in [6.45, 7) is 0.0439. The van der Waals surface area contributed by atoms with Crippen LogP contribution in [0.1, 0.15) is 11.6 Å². The number of rotatable bonds is 8. The number of aromatic nitrogens is 5. The second-order valence-corrected chi connectivity index (χ2v) is 8.42. The zero-order valence-corrected chi connectivity index (χ0v) is 19.2. The zero-order chi connectivity index (χ0) is 23.3. The first kappa shape index (κ1) is 22.1. The largest absolute Gasteiger partial charge is 0.483 e. The zero-order valence-electron chi connectivity index (χ0n) is 17.6. The fraction of sp³-hybridized carbons (Fsp3) is 0.0833. The van der Waals surface area contributed by atoms with E-state index in [0.29, 0.717) is 39.0 Å². The second kappa shape index (κ2) is 10.1. The molecule has 0 spiro atoms. The van der Waals surface area contributed by atoms with Gasteiger partial charge in [0.25, 0.3) is 5.89 Å². The predicted molar refractivity (Wildman–Crippen MR) is 126 cm³/mol. The van der Waals surface area contributed by atoms with Crippen LogP contribution in [0.2, 0.25) is 5.02 Å². The summed E-state index contributed by atoms with van der Waals surface area (Å²) in [7, 11) is 0. The van der Waals surface area contributed by atoms with Gasteiger partial charge in [-0.05, 0) is 36.4 Å². The third-order valence-electron chi connectivity index (χ3n) is 4.81. The smallest absolute Gasteiger partial charge is 0.259 e. The molecule has 0 amide bonds. The molecule has 3 aromatic carbocycles. The van der Waals surface area contributed by atoms with E-state index in [9.17, 15) is 4.39 Å². The Bertz CT molecular complexity index is 1410. The highest BCUT2D eigenvalue weighted by Crippen LogP contribution is 2.29. The maximum Gasteiger partial charge on any atom is 0.259 e. The van der Waals surface area contributed by atoms with Gasteiger partial charge in [0.15, 0.2) is 28.4 Å². The van der Waals surface area contributed by atoms with Crippen LogP contribution in [0.25, 0.3) is 17.1 Å². The van der Waals surface area contributed by atoms with Crippen LogP contribution in [-0.2, 0) is 12.4 Å². The third kappa shape index (κ3) is 4.80. The van der Waals surface area contributed by atoms with Gasteiger partial charge >= 0.3 is 0 Å². The molecule has 170 valence electrons. The Morgan fingerprint density at radius 1 is 0.941 bits per heavy atom. The van der Waals surface area contributed by atoms with Crippen molar-refractivity contribution in [3.05, 3.63) is 101 Å². The molecule has 5 aromatic rings. The summed E-state index contributed by atoms with van der Waals surface area (Å²) in [5.74, 6) is 1.48. The van der Waals surface area contributed by atoms with E-state index in [1.807, 2.05) is 53.1 Å². The van der Waals surface area contributed by atoms with Crippen molar-refractivity contribution < 1.29 is 13.7 Å². The Kier molecular flexibility index (Phi) is 6.55. The van der Waals surface area contributed by atoms with Gasteiger partial charge < -0.3 is 9.26 Å². The van der Waals surface area contributed by atoms with Crippen molar-refractivity contribution in [3.8, 4) is 22.9 Å². The van der Waals surface area contributed by atoms with E-state index in [2.05, 4.69) is 20.3 Å². The van der Waals surface area contributed by atoms with Crippen LogP contribution in [0.15, 0.2) is 88.5 Å². The van der Waals surface area contributed by atoms with E-state index in [1.54, 1.807) is 24.3 Å². The minimum atomic E-state index is -0.436. The predicted octanol–water partition coefficient (Wildman–Crippen LogP) is 5.98. The van der Waals surface area contributed by atoms with Crippen molar-refractivity contribution in [2.24, 2.45) is 0 Å². The van der Waals surface area contributed by atoms with E-state index in [0.717, 1.165) is 5.69 Å². The molecule has 0 aliphatic carbocycles. The molecule has 34 heavy (non-hydrogen) atoms. The Hall–Kier alpha value is -3.69. The second-order valence-electron chi connectivity index (χ2n) is 7.07. The third-order valence-corrected chi connectivity index (χ3v) is 6.07. The molecule has 0 aliphatic rings. The highest BCUT2D eigenvalue weighted by atomic mass is 35.5. The average molecular weight is 494 g/mol. The molecule has 10 heteroatoms. The van der Waals surface area contributed by atoms with Crippen molar-refractivity contribution in [2.75, 3.05) is 0 Å². The molecule has 0 aliphatic heterocycles. The normalized spacial score (nSPS) is 11.0. The maximum absolute atomic E-state index is 14.0. The minimum absolute atomic E-state index is 0.0439. The molecular formula is C24H17ClFN5O2S. The van der Waals surface area contributed by atoms with Gasteiger partial charge in [-0.1, -0.05) is 71.0 Å². The maximum atomic E-state index is 14.0. The van der Waals surface area contributed by atoms with Gasteiger partial charge in [0.2, 0.25) is 0 Å². The number of para-hydroxylation sites is 2. The Balaban J connectivity index is 1.37. The van der Waals surface area contributed by atoms with E-state index >= 15 is 0 Å².